The molecular formula is C11H17N3O3. The molecule has 1 heterocycles. The van der Waals surface area contributed by atoms with E-state index in [9.17, 15) is 9.90 Å². The SMILES string of the molecule is Cc1nc(C(=O)NCC(O)C2CCCC2)no1. The van der Waals surface area contributed by atoms with Crippen molar-refractivity contribution in [3.8, 4) is 0 Å². The summed E-state index contributed by atoms with van der Waals surface area (Å²) in [5, 5.41) is 16.0. The highest BCUT2D eigenvalue weighted by Gasteiger charge is 2.24. The molecule has 94 valence electrons. The summed E-state index contributed by atoms with van der Waals surface area (Å²) in [6, 6.07) is 0. The van der Waals surface area contributed by atoms with E-state index in [4.69, 9.17) is 4.52 Å². The Labute approximate surface area is 99.4 Å². The molecule has 1 unspecified atom stereocenters. The van der Waals surface area contributed by atoms with Crippen LogP contribution in [-0.4, -0.2) is 33.8 Å². The van der Waals surface area contributed by atoms with Gasteiger partial charge in [-0.25, -0.2) is 0 Å². The minimum atomic E-state index is -0.477. The quantitative estimate of drug-likeness (QED) is 0.805. The number of amides is 1. The van der Waals surface area contributed by atoms with E-state index in [2.05, 4.69) is 15.5 Å². The molecule has 0 bridgehead atoms. The number of aromatic nitrogens is 2. The first-order valence-electron chi connectivity index (χ1n) is 5.93. The van der Waals surface area contributed by atoms with E-state index in [0.717, 1.165) is 12.8 Å². The molecule has 1 fully saturated rings. The summed E-state index contributed by atoms with van der Waals surface area (Å²) in [4.78, 5) is 15.4. The fourth-order valence-corrected chi connectivity index (χ4v) is 2.18. The second-order valence-corrected chi connectivity index (χ2v) is 4.46. The second kappa shape index (κ2) is 5.27. The first-order valence-corrected chi connectivity index (χ1v) is 5.93. The maximum Gasteiger partial charge on any atom is 0.292 e. The van der Waals surface area contributed by atoms with Crippen molar-refractivity contribution in [3.63, 3.8) is 0 Å². The number of aliphatic hydroxyl groups is 1. The number of aryl methyl sites for hydroxylation is 1. The highest BCUT2D eigenvalue weighted by atomic mass is 16.5. The predicted octanol–water partition coefficient (Wildman–Crippen LogP) is 0.659. The number of carbonyl (C=O) groups is 1. The molecule has 2 rings (SSSR count). The van der Waals surface area contributed by atoms with Gasteiger partial charge < -0.3 is 14.9 Å². The number of hydrogen-bond acceptors (Lipinski definition) is 5. The fraction of sp³-hybridized carbons (Fsp3) is 0.727. The molecule has 6 heteroatoms. The van der Waals surface area contributed by atoms with Gasteiger partial charge in [0.2, 0.25) is 5.89 Å². The highest BCUT2D eigenvalue weighted by Crippen LogP contribution is 2.27. The normalized spacial score (nSPS) is 18.2. The number of hydrogen-bond donors (Lipinski definition) is 2. The molecule has 1 amide bonds. The summed E-state index contributed by atoms with van der Waals surface area (Å²) in [5.41, 5.74) is 0. The maximum atomic E-state index is 11.6. The van der Waals surface area contributed by atoms with Gasteiger partial charge in [-0.1, -0.05) is 18.0 Å². The zero-order valence-corrected chi connectivity index (χ0v) is 9.85. The fourth-order valence-electron chi connectivity index (χ4n) is 2.18. The Hall–Kier alpha value is -1.43. The number of nitrogens with one attached hydrogen (secondary N) is 1. The molecule has 1 aliphatic carbocycles. The molecule has 1 saturated carbocycles. The van der Waals surface area contributed by atoms with Crippen molar-refractivity contribution >= 4 is 5.91 Å². The van der Waals surface area contributed by atoms with E-state index in [0.29, 0.717) is 11.8 Å². The summed E-state index contributed by atoms with van der Waals surface area (Å²) in [6.07, 6.45) is 3.94. The van der Waals surface area contributed by atoms with E-state index < -0.39 is 12.0 Å². The van der Waals surface area contributed by atoms with Crippen molar-refractivity contribution in [2.45, 2.75) is 38.7 Å². The molecule has 1 atom stereocenters. The molecule has 1 aliphatic rings. The van der Waals surface area contributed by atoms with Gasteiger partial charge in [0.1, 0.15) is 0 Å². The number of carbonyl (C=O) groups excluding carboxylic acids is 1. The molecule has 2 N–H and O–H groups in total. The average Bonchev–Trinajstić information content (AvgIpc) is 2.95. The van der Waals surface area contributed by atoms with Crippen LogP contribution in [0.15, 0.2) is 4.52 Å². The van der Waals surface area contributed by atoms with Crippen molar-refractivity contribution in [1.82, 2.24) is 15.5 Å². The summed E-state index contributed by atoms with van der Waals surface area (Å²) >= 11 is 0. The van der Waals surface area contributed by atoms with Gasteiger partial charge in [-0.3, -0.25) is 4.79 Å². The summed E-state index contributed by atoms with van der Waals surface area (Å²) < 4.78 is 4.71. The average molecular weight is 239 g/mol. The van der Waals surface area contributed by atoms with Crippen LogP contribution >= 0.6 is 0 Å². The third kappa shape index (κ3) is 3.03. The van der Waals surface area contributed by atoms with E-state index in [-0.39, 0.29) is 12.4 Å². The van der Waals surface area contributed by atoms with Crippen LogP contribution in [0.2, 0.25) is 0 Å². The Morgan fingerprint density at radius 1 is 1.59 bits per heavy atom. The lowest BCUT2D eigenvalue weighted by atomic mass is 10.0. The third-order valence-electron chi connectivity index (χ3n) is 3.15. The van der Waals surface area contributed by atoms with Gasteiger partial charge in [0.25, 0.3) is 11.7 Å². The van der Waals surface area contributed by atoms with Crippen LogP contribution in [-0.2, 0) is 0 Å². The van der Waals surface area contributed by atoms with Crippen LogP contribution in [0, 0.1) is 12.8 Å². The third-order valence-corrected chi connectivity index (χ3v) is 3.15. The van der Waals surface area contributed by atoms with Gasteiger partial charge in [0, 0.05) is 13.5 Å². The van der Waals surface area contributed by atoms with E-state index >= 15 is 0 Å². The molecule has 0 saturated heterocycles. The highest BCUT2D eigenvalue weighted by molar-refractivity contribution is 5.90. The summed E-state index contributed by atoms with van der Waals surface area (Å²) in [6.45, 7) is 1.87. The van der Waals surface area contributed by atoms with Gasteiger partial charge in [-0.05, 0) is 18.8 Å². The Morgan fingerprint density at radius 3 is 2.88 bits per heavy atom. The molecule has 1 aromatic rings. The number of rotatable bonds is 4. The smallest absolute Gasteiger partial charge is 0.292 e. The molecule has 0 aliphatic heterocycles. The topological polar surface area (TPSA) is 88.2 Å². The molecule has 0 spiro atoms. The van der Waals surface area contributed by atoms with Crippen LogP contribution in [0.4, 0.5) is 0 Å². The Balaban J connectivity index is 1.79. The monoisotopic (exact) mass is 239 g/mol. The zero-order chi connectivity index (χ0) is 12.3. The first-order chi connectivity index (χ1) is 8.16. The Kier molecular flexibility index (Phi) is 3.73. The lowest BCUT2D eigenvalue weighted by Crippen LogP contribution is -2.36. The Morgan fingerprint density at radius 2 is 2.29 bits per heavy atom. The van der Waals surface area contributed by atoms with Crippen LogP contribution in [0.5, 0.6) is 0 Å². The van der Waals surface area contributed by atoms with Gasteiger partial charge >= 0.3 is 0 Å². The summed E-state index contributed by atoms with van der Waals surface area (Å²) in [5.74, 6) is 0.272. The van der Waals surface area contributed by atoms with Crippen molar-refractivity contribution < 1.29 is 14.4 Å². The summed E-state index contributed by atoms with van der Waals surface area (Å²) in [7, 11) is 0. The van der Waals surface area contributed by atoms with Crippen molar-refractivity contribution in [2.75, 3.05) is 6.54 Å². The van der Waals surface area contributed by atoms with Crippen molar-refractivity contribution in [3.05, 3.63) is 11.7 Å². The minimum absolute atomic E-state index is 0.0149. The van der Waals surface area contributed by atoms with Gasteiger partial charge in [0.05, 0.1) is 6.10 Å². The van der Waals surface area contributed by atoms with Gasteiger partial charge in [-0.15, -0.1) is 0 Å². The van der Waals surface area contributed by atoms with E-state index in [1.807, 2.05) is 0 Å². The molecule has 1 aromatic heterocycles. The molecule has 6 nitrogen and oxygen atoms in total. The Bertz CT molecular complexity index is 385. The predicted molar refractivity (Wildman–Crippen MR) is 59.3 cm³/mol. The largest absolute Gasteiger partial charge is 0.391 e. The molecule has 0 radical (unpaired) electrons. The zero-order valence-electron chi connectivity index (χ0n) is 9.85. The van der Waals surface area contributed by atoms with E-state index in [1.165, 1.54) is 12.8 Å². The van der Waals surface area contributed by atoms with Crippen LogP contribution < -0.4 is 5.32 Å². The second-order valence-electron chi connectivity index (χ2n) is 4.46. The molecule has 17 heavy (non-hydrogen) atoms. The van der Waals surface area contributed by atoms with Crippen LogP contribution in [0.3, 0.4) is 0 Å². The van der Waals surface area contributed by atoms with Crippen LogP contribution in [0.25, 0.3) is 0 Å². The van der Waals surface area contributed by atoms with Crippen molar-refractivity contribution in [2.24, 2.45) is 5.92 Å². The lowest BCUT2D eigenvalue weighted by Gasteiger charge is -2.17. The number of nitrogens with zero attached hydrogens (tertiary/aromatic N) is 2. The number of aliphatic hydroxyl groups excluding tert-OH is 1. The molecular weight excluding hydrogens is 222 g/mol. The van der Waals surface area contributed by atoms with Gasteiger partial charge in [0.15, 0.2) is 0 Å². The van der Waals surface area contributed by atoms with Crippen molar-refractivity contribution in [1.29, 1.82) is 0 Å². The van der Waals surface area contributed by atoms with Gasteiger partial charge in [-0.2, -0.15) is 4.98 Å². The van der Waals surface area contributed by atoms with E-state index in [1.54, 1.807) is 6.92 Å². The first kappa shape index (κ1) is 12.0. The minimum Gasteiger partial charge on any atom is -0.391 e. The lowest BCUT2D eigenvalue weighted by molar-refractivity contribution is 0.0830. The molecule has 0 aromatic carbocycles. The maximum absolute atomic E-state index is 11.6. The van der Waals surface area contributed by atoms with Crippen LogP contribution in [0.1, 0.15) is 42.2 Å². The standard InChI is InChI=1S/C11H17N3O3/c1-7-13-10(14-17-7)11(16)12-6-9(15)8-4-2-3-5-8/h8-9,15H,2-6H2,1H3,(H,12,16).